The third-order valence-corrected chi connectivity index (χ3v) is 4.78. The van der Waals surface area contributed by atoms with Gasteiger partial charge >= 0.3 is 0 Å². The average Bonchev–Trinajstić information content (AvgIpc) is 2.99. The average molecular weight is 354 g/mol. The largest absolute Gasteiger partial charge is 0.361 e. The number of aliphatic imine (C=N–C) groups is 1. The fraction of sp³-hybridized carbons (Fsp3) is 0.765. The molecule has 136 valence electrons. The molecule has 7 heteroatoms. The van der Waals surface area contributed by atoms with Gasteiger partial charge in [0.15, 0.2) is 5.96 Å². The fourth-order valence-corrected chi connectivity index (χ4v) is 3.30. The predicted molar refractivity (Wildman–Crippen MR) is 102 cm³/mol. The molecule has 24 heavy (non-hydrogen) atoms. The first-order valence-corrected chi connectivity index (χ1v) is 10.3. The van der Waals surface area contributed by atoms with Gasteiger partial charge in [-0.25, -0.2) is 0 Å². The van der Waals surface area contributed by atoms with Gasteiger partial charge in [0.25, 0.3) is 0 Å². The molecule has 1 aliphatic rings. The Balaban J connectivity index is 1.77. The van der Waals surface area contributed by atoms with E-state index in [4.69, 9.17) is 9.52 Å². The molecule has 0 saturated carbocycles. The van der Waals surface area contributed by atoms with Crippen LogP contribution in [-0.2, 0) is 6.54 Å². The van der Waals surface area contributed by atoms with Crippen LogP contribution in [0.3, 0.4) is 0 Å². The van der Waals surface area contributed by atoms with Gasteiger partial charge in [-0.3, -0.25) is 9.89 Å². The zero-order chi connectivity index (χ0) is 17.2. The number of nitrogens with one attached hydrogen (secondary N) is 1. The Morgan fingerprint density at radius 3 is 2.75 bits per heavy atom. The molecule has 2 rings (SSSR count). The van der Waals surface area contributed by atoms with Gasteiger partial charge in [0, 0.05) is 51.9 Å². The molecule has 0 aliphatic carbocycles. The van der Waals surface area contributed by atoms with Gasteiger partial charge in [0.1, 0.15) is 5.76 Å². The first-order chi connectivity index (χ1) is 11.7. The Kier molecular flexibility index (Phi) is 8.45. The maximum absolute atomic E-state index is 5.15. The lowest BCUT2D eigenvalue weighted by molar-refractivity contribution is 0.169. The minimum absolute atomic E-state index is 0.869. The maximum Gasteiger partial charge on any atom is 0.194 e. The summed E-state index contributed by atoms with van der Waals surface area (Å²) in [5.41, 5.74) is 1.02. The SMILES string of the molecule is CCNC(=NCCCCSC)N1CCN(Cc2cc(C)on2)CC1. The van der Waals surface area contributed by atoms with Gasteiger partial charge in [-0.1, -0.05) is 5.16 Å². The topological polar surface area (TPSA) is 56.9 Å². The maximum atomic E-state index is 5.15. The highest BCUT2D eigenvalue weighted by Crippen LogP contribution is 2.09. The predicted octanol–water partition coefficient (Wildman–Crippen LogP) is 2.21. The molecule has 1 fully saturated rings. The molecule has 1 aliphatic heterocycles. The first-order valence-electron chi connectivity index (χ1n) is 8.89. The number of aromatic nitrogens is 1. The second kappa shape index (κ2) is 10.6. The Hall–Kier alpha value is -1.21. The van der Waals surface area contributed by atoms with Gasteiger partial charge in [-0.05, 0) is 38.7 Å². The normalized spacial score (nSPS) is 16.6. The summed E-state index contributed by atoms with van der Waals surface area (Å²) >= 11 is 1.91. The van der Waals surface area contributed by atoms with Gasteiger partial charge in [-0.2, -0.15) is 11.8 Å². The summed E-state index contributed by atoms with van der Waals surface area (Å²) in [6, 6.07) is 2.02. The molecular weight excluding hydrogens is 322 g/mol. The van der Waals surface area contributed by atoms with Crippen molar-refractivity contribution in [2.24, 2.45) is 4.99 Å². The van der Waals surface area contributed by atoms with Gasteiger partial charge in [0.2, 0.25) is 0 Å². The summed E-state index contributed by atoms with van der Waals surface area (Å²) in [6.07, 6.45) is 4.57. The Labute approximate surface area is 150 Å². The van der Waals surface area contributed by atoms with Crippen molar-refractivity contribution in [1.82, 2.24) is 20.3 Å². The van der Waals surface area contributed by atoms with Crippen LogP contribution in [0, 0.1) is 6.92 Å². The summed E-state index contributed by atoms with van der Waals surface area (Å²) in [5.74, 6) is 3.18. The zero-order valence-corrected chi connectivity index (χ0v) is 16.1. The molecule has 1 aromatic rings. The van der Waals surface area contributed by atoms with E-state index in [0.717, 1.165) is 63.2 Å². The standard InChI is InChI=1S/C17H31N5OS/c1-4-18-17(19-7-5-6-12-24-3)22-10-8-21(9-11-22)14-16-13-15(2)23-20-16/h13H,4-12,14H2,1-3H3,(H,18,19). The number of rotatable bonds is 8. The molecule has 6 nitrogen and oxygen atoms in total. The molecular formula is C17H31N5OS. The molecule has 0 unspecified atom stereocenters. The number of unbranched alkanes of at least 4 members (excludes halogenated alkanes) is 1. The van der Waals surface area contributed by atoms with E-state index in [-0.39, 0.29) is 0 Å². The molecule has 0 atom stereocenters. The van der Waals surface area contributed by atoms with Crippen molar-refractivity contribution < 1.29 is 4.52 Å². The summed E-state index contributed by atoms with van der Waals surface area (Å²) < 4.78 is 5.15. The Bertz CT molecular complexity index is 497. The van der Waals surface area contributed by atoms with E-state index in [0.29, 0.717) is 0 Å². The molecule has 1 N–H and O–H groups in total. The fourth-order valence-electron chi connectivity index (χ4n) is 2.81. The number of nitrogens with zero attached hydrogens (tertiary/aromatic N) is 4. The minimum atomic E-state index is 0.869. The van der Waals surface area contributed by atoms with Gasteiger partial charge < -0.3 is 14.7 Å². The zero-order valence-electron chi connectivity index (χ0n) is 15.3. The highest BCUT2D eigenvalue weighted by Gasteiger charge is 2.20. The summed E-state index contributed by atoms with van der Waals surface area (Å²) in [6.45, 7) is 10.8. The number of guanidine groups is 1. The monoisotopic (exact) mass is 353 g/mol. The van der Waals surface area contributed by atoms with Crippen molar-refractivity contribution >= 4 is 17.7 Å². The molecule has 1 saturated heterocycles. The van der Waals surface area contributed by atoms with E-state index in [2.05, 4.69) is 33.5 Å². The third-order valence-electron chi connectivity index (χ3n) is 4.09. The number of hydrogen-bond acceptors (Lipinski definition) is 5. The van der Waals surface area contributed by atoms with Gasteiger partial charge in [0.05, 0.1) is 5.69 Å². The number of hydrogen-bond donors (Lipinski definition) is 1. The van der Waals surface area contributed by atoms with Crippen LogP contribution >= 0.6 is 11.8 Å². The van der Waals surface area contributed by atoms with Gasteiger partial charge in [-0.15, -0.1) is 0 Å². The van der Waals surface area contributed by atoms with Crippen molar-refractivity contribution in [3.05, 3.63) is 17.5 Å². The third kappa shape index (κ3) is 6.36. The molecule has 0 radical (unpaired) electrons. The van der Waals surface area contributed by atoms with Crippen LogP contribution in [0.1, 0.15) is 31.2 Å². The second-order valence-corrected chi connectivity index (χ2v) is 7.11. The first kappa shape index (κ1) is 19.1. The van der Waals surface area contributed by atoms with E-state index in [1.807, 2.05) is 24.8 Å². The van der Waals surface area contributed by atoms with Crippen LogP contribution in [0.5, 0.6) is 0 Å². The molecule has 1 aromatic heterocycles. The summed E-state index contributed by atoms with van der Waals surface area (Å²) in [7, 11) is 0. The highest BCUT2D eigenvalue weighted by atomic mass is 32.2. The summed E-state index contributed by atoms with van der Waals surface area (Å²) in [5, 5.41) is 7.53. The highest BCUT2D eigenvalue weighted by molar-refractivity contribution is 7.98. The van der Waals surface area contributed by atoms with Crippen molar-refractivity contribution in [2.75, 3.05) is 51.3 Å². The lowest BCUT2D eigenvalue weighted by Gasteiger charge is -2.36. The van der Waals surface area contributed by atoms with Crippen LogP contribution in [0.15, 0.2) is 15.6 Å². The van der Waals surface area contributed by atoms with Crippen LogP contribution in [0.4, 0.5) is 0 Å². The molecule has 0 bridgehead atoms. The minimum Gasteiger partial charge on any atom is -0.361 e. The van der Waals surface area contributed by atoms with E-state index in [1.165, 1.54) is 18.6 Å². The number of aryl methyl sites for hydroxylation is 1. The molecule has 2 heterocycles. The van der Waals surface area contributed by atoms with Crippen molar-refractivity contribution in [1.29, 1.82) is 0 Å². The number of piperazine rings is 1. The quantitative estimate of drug-likeness (QED) is 0.439. The van der Waals surface area contributed by atoms with Crippen LogP contribution in [-0.4, -0.2) is 72.2 Å². The van der Waals surface area contributed by atoms with E-state index in [9.17, 15) is 0 Å². The van der Waals surface area contributed by atoms with Crippen LogP contribution in [0.2, 0.25) is 0 Å². The second-order valence-electron chi connectivity index (χ2n) is 6.13. The lowest BCUT2D eigenvalue weighted by atomic mass is 10.3. The van der Waals surface area contributed by atoms with Crippen molar-refractivity contribution in [2.45, 2.75) is 33.2 Å². The van der Waals surface area contributed by atoms with Crippen LogP contribution < -0.4 is 5.32 Å². The molecule has 0 spiro atoms. The number of thioether (sulfide) groups is 1. The van der Waals surface area contributed by atoms with E-state index in [1.54, 1.807) is 0 Å². The van der Waals surface area contributed by atoms with Crippen LogP contribution in [0.25, 0.3) is 0 Å². The smallest absolute Gasteiger partial charge is 0.194 e. The Morgan fingerprint density at radius 2 is 2.12 bits per heavy atom. The molecule has 0 aromatic carbocycles. The van der Waals surface area contributed by atoms with Crippen molar-refractivity contribution in [3.8, 4) is 0 Å². The Morgan fingerprint density at radius 1 is 1.33 bits per heavy atom. The lowest BCUT2D eigenvalue weighted by Crippen LogP contribution is -2.52. The van der Waals surface area contributed by atoms with E-state index < -0.39 is 0 Å². The molecule has 0 amide bonds. The summed E-state index contributed by atoms with van der Waals surface area (Å²) in [4.78, 5) is 9.60. The van der Waals surface area contributed by atoms with Crippen molar-refractivity contribution in [3.63, 3.8) is 0 Å². The van der Waals surface area contributed by atoms with E-state index >= 15 is 0 Å².